The van der Waals surface area contributed by atoms with Gasteiger partial charge in [0.15, 0.2) is 18.1 Å². The van der Waals surface area contributed by atoms with Crippen LogP contribution in [0.1, 0.15) is 5.56 Å². The first-order valence-electron chi connectivity index (χ1n) is 6.47. The molecule has 0 aromatic heterocycles. The molecule has 22 heavy (non-hydrogen) atoms. The van der Waals surface area contributed by atoms with E-state index in [0.29, 0.717) is 11.5 Å². The van der Waals surface area contributed by atoms with Crippen molar-refractivity contribution in [2.45, 2.75) is 0 Å². The van der Waals surface area contributed by atoms with Crippen LogP contribution in [-0.2, 0) is 4.79 Å². The highest BCUT2D eigenvalue weighted by Crippen LogP contribution is 2.27. The Morgan fingerprint density at radius 2 is 1.95 bits per heavy atom. The molecule has 0 aliphatic heterocycles. The maximum absolute atomic E-state index is 10.8. The summed E-state index contributed by atoms with van der Waals surface area (Å²) in [4.78, 5) is 15.1. The van der Waals surface area contributed by atoms with Crippen LogP contribution in [0.5, 0.6) is 11.5 Å². The lowest BCUT2D eigenvalue weighted by atomic mass is 10.2. The topological polar surface area (TPSA) is 73.9 Å². The maximum atomic E-state index is 10.8. The number of hydrogen-bond acceptors (Lipinski definition) is 4. The summed E-state index contributed by atoms with van der Waals surface area (Å²) in [5, 5.41) is 0. The number of primary amides is 1. The molecule has 0 heterocycles. The Labute approximate surface area is 136 Å². The van der Waals surface area contributed by atoms with Gasteiger partial charge in [-0.05, 0) is 48.0 Å². The molecular formula is C16H15BrN2O3. The van der Waals surface area contributed by atoms with Gasteiger partial charge in [-0.3, -0.25) is 9.79 Å². The van der Waals surface area contributed by atoms with E-state index >= 15 is 0 Å². The molecule has 5 nitrogen and oxygen atoms in total. The highest BCUT2D eigenvalue weighted by atomic mass is 79.9. The molecule has 2 aromatic carbocycles. The van der Waals surface area contributed by atoms with Gasteiger partial charge in [0.25, 0.3) is 5.91 Å². The summed E-state index contributed by atoms with van der Waals surface area (Å²) in [6.45, 7) is -0.192. The van der Waals surface area contributed by atoms with Crippen LogP contribution >= 0.6 is 15.9 Å². The molecule has 0 aliphatic carbocycles. The average Bonchev–Trinajstić information content (AvgIpc) is 2.52. The molecule has 0 bridgehead atoms. The van der Waals surface area contributed by atoms with Crippen LogP contribution in [0.25, 0.3) is 0 Å². The number of carbonyl (C=O) groups excluding carboxylic acids is 1. The first-order chi connectivity index (χ1) is 10.6. The Morgan fingerprint density at radius 1 is 1.23 bits per heavy atom. The van der Waals surface area contributed by atoms with Crippen molar-refractivity contribution in [1.29, 1.82) is 0 Å². The first kappa shape index (κ1) is 16.0. The molecule has 0 unspecified atom stereocenters. The number of halogens is 1. The molecule has 0 radical (unpaired) electrons. The summed E-state index contributed by atoms with van der Waals surface area (Å²) < 4.78 is 11.5. The van der Waals surface area contributed by atoms with Gasteiger partial charge in [-0.1, -0.05) is 15.9 Å². The van der Waals surface area contributed by atoms with Gasteiger partial charge in [-0.15, -0.1) is 0 Å². The second-order valence-electron chi connectivity index (χ2n) is 4.40. The van der Waals surface area contributed by atoms with Crippen molar-refractivity contribution in [3.05, 3.63) is 52.5 Å². The van der Waals surface area contributed by atoms with E-state index in [1.54, 1.807) is 18.3 Å². The molecule has 6 heteroatoms. The first-order valence-corrected chi connectivity index (χ1v) is 7.26. The molecule has 114 valence electrons. The monoisotopic (exact) mass is 362 g/mol. The van der Waals surface area contributed by atoms with Crippen molar-refractivity contribution < 1.29 is 14.3 Å². The minimum Gasteiger partial charge on any atom is -0.493 e. The van der Waals surface area contributed by atoms with Gasteiger partial charge in [-0.25, -0.2) is 0 Å². The van der Waals surface area contributed by atoms with Crippen LogP contribution in [-0.4, -0.2) is 25.8 Å². The van der Waals surface area contributed by atoms with Crippen LogP contribution in [0.4, 0.5) is 5.69 Å². The SMILES string of the molecule is COc1cc(C=Nc2ccc(Br)cc2)ccc1OCC(N)=O. The zero-order valence-electron chi connectivity index (χ0n) is 12.0. The van der Waals surface area contributed by atoms with Crippen molar-refractivity contribution >= 4 is 33.7 Å². The number of rotatable bonds is 6. The standard InChI is InChI=1S/C16H15BrN2O3/c1-21-15-8-11(2-7-14(15)22-10-16(18)20)9-19-13-5-3-12(17)4-6-13/h2-9H,10H2,1H3,(H2,18,20). The number of amides is 1. The maximum Gasteiger partial charge on any atom is 0.255 e. The number of ether oxygens (including phenoxy) is 2. The Balaban J connectivity index is 2.14. The lowest BCUT2D eigenvalue weighted by Crippen LogP contribution is -2.20. The number of nitrogens with zero attached hydrogens (tertiary/aromatic N) is 1. The van der Waals surface area contributed by atoms with Gasteiger partial charge in [-0.2, -0.15) is 0 Å². The van der Waals surface area contributed by atoms with E-state index < -0.39 is 5.91 Å². The summed E-state index contributed by atoms with van der Waals surface area (Å²) in [6, 6.07) is 13.0. The molecule has 0 saturated carbocycles. The zero-order valence-corrected chi connectivity index (χ0v) is 13.5. The third kappa shape index (κ3) is 4.60. The molecule has 0 atom stereocenters. The summed E-state index contributed by atoms with van der Waals surface area (Å²) >= 11 is 3.38. The van der Waals surface area contributed by atoms with Crippen LogP contribution in [0, 0.1) is 0 Å². The quantitative estimate of drug-likeness (QED) is 0.802. The Hall–Kier alpha value is -2.34. The summed E-state index contributed by atoms with van der Waals surface area (Å²) in [7, 11) is 1.53. The molecule has 2 aromatic rings. The van der Waals surface area contributed by atoms with E-state index in [1.807, 2.05) is 30.3 Å². The van der Waals surface area contributed by atoms with Crippen molar-refractivity contribution in [3.8, 4) is 11.5 Å². The van der Waals surface area contributed by atoms with E-state index in [1.165, 1.54) is 7.11 Å². The normalized spacial score (nSPS) is 10.6. The van der Waals surface area contributed by atoms with Crippen LogP contribution in [0.2, 0.25) is 0 Å². The number of methoxy groups -OCH3 is 1. The van der Waals surface area contributed by atoms with Gasteiger partial charge in [0.2, 0.25) is 0 Å². The zero-order chi connectivity index (χ0) is 15.9. The molecule has 0 spiro atoms. The summed E-state index contributed by atoms with van der Waals surface area (Å²) in [5.41, 5.74) is 6.75. The van der Waals surface area contributed by atoms with Crippen molar-refractivity contribution in [2.75, 3.05) is 13.7 Å². The average molecular weight is 363 g/mol. The molecule has 1 amide bonds. The summed E-state index contributed by atoms with van der Waals surface area (Å²) in [5.74, 6) is 0.436. The lowest BCUT2D eigenvalue weighted by Gasteiger charge is -2.09. The number of nitrogens with two attached hydrogens (primary N) is 1. The van der Waals surface area contributed by atoms with Gasteiger partial charge in [0.05, 0.1) is 12.8 Å². The Bertz CT molecular complexity index is 684. The van der Waals surface area contributed by atoms with Gasteiger partial charge >= 0.3 is 0 Å². The fourth-order valence-electron chi connectivity index (χ4n) is 1.71. The molecule has 2 N–H and O–H groups in total. The summed E-state index contributed by atoms with van der Waals surface area (Å²) in [6.07, 6.45) is 1.73. The van der Waals surface area contributed by atoms with Crippen LogP contribution in [0.3, 0.4) is 0 Å². The highest BCUT2D eigenvalue weighted by Gasteiger charge is 2.06. The second-order valence-corrected chi connectivity index (χ2v) is 5.32. The predicted octanol–water partition coefficient (Wildman–Crippen LogP) is 3.07. The lowest BCUT2D eigenvalue weighted by molar-refractivity contribution is -0.119. The molecular weight excluding hydrogens is 348 g/mol. The number of benzene rings is 2. The number of carbonyl (C=O) groups is 1. The fraction of sp³-hybridized carbons (Fsp3) is 0.125. The minimum atomic E-state index is -0.539. The van der Waals surface area contributed by atoms with Gasteiger partial charge in [0.1, 0.15) is 0 Å². The number of hydrogen-bond donors (Lipinski definition) is 1. The van der Waals surface area contributed by atoms with E-state index in [-0.39, 0.29) is 6.61 Å². The Kier molecular flexibility index (Phi) is 5.55. The minimum absolute atomic E-state index is 0.192. The van der Waals surface area contributed by atoms with Gasteiger partial charge in [0, 0.05) is 10.7 Å². The third-order valence-electron chi connectivity index (χ3n) is 2.75. The molecule has 0 aliphatic rings. The highest BCUT2D eigenvalue weighted by molar-refractivity contribution is 9.10. The van der Waals surface area contributed by atoms with E-state index in [9.17, 15) is 4.79 Å². The van der Waals surface area contributed by atoms with E-state index in [4.69, 9.17) is 15.2 Å². The molecule has 0 saturated heterocycles. The molecule has 0 fully saturated rings. The second kappa shape index (κ2) is 7.61. The van der Waals surface area contributed by atoms with Crippen LogP contribution < -0.4 is 15.2 Å². The number of aliphatic imine (C=N–C) groups is 1. The largest absolute Gasteiger partial charge is 0.493 e. The van der Waals surface area contributed by atoms with E-state index in [0.717, 1.165) is 15.7 Å². The molecule has 2 rings (SSSR count). The fourth-order valence-corrected chi connectivity index (χ4v) is 1.97. The Morgan fingerprint density at radius 3 is 2.59 bits per heavy atom. The van der Waals surface area contributed by atoms with Gasteiger partial charge < -0.3 is 15.2 Å². The smallest absolute Gasteiger partial charge is 0.255 e. The van der Waals surface area contributed by atoms with Crippen molar-refractivity contribution in [2.24, 2.45) is 10.7 Å². The third-order valence-corrected chi connectivity index (χ3v) is 3.28. The van der Waals surface area contributed by atoms with E-state index in [2.05, 4.69) is 20.9 Å². The van der Waals surface area contributed by atoms with Crippen molar-refractivity contribution in [3.63, 3.8) is 0 Å². The van der Waals surface area contributed by atoms with Crippen LogP contribution in [0.15, 0.2) is 51.9 Å². The predicted molar refractivity (Wildman–Crippen MR) is 89.1 cm³/mol. The van der Waals surface area contributed by atoms with Crippen molar-refractivity contribution in [1.82, 2.24) is 0 Å².